The van der Waals surface area contributed by atoms with Crippen molar-refractivity contribution < 1.29 is 5.11 Å². The molecular weight excluding hydrogens is 208 g/mol. The van der Waals surface area contributed by atoms with Gasteiger partial charge in [-0.05, 0) is 19.3 Å². The summed E-state index contributed by atoms with van der Waals surface area (Å²) in [6.45, 7) is 7.46. The SMILES string of the molecule is CC(C)CC(C)(O)CNCc1cscn1. The Morgan fingerprint density at radius 3 is 2.87 bits per heavy atom. The largest absolute Gasteiger partial charge is 0.389 e. The average Bonchev–Trinajstić information content (AvgIpc) is 2.53. The van der Waals surface area contributed by atoms with Crippen LogP contribution in [-0.4, -0.2) is 22.2 Å². The van der Waals surface area contributed by atoms with Crippen LogP contribution in [0.4, 0.5) is 0 Å². The molecule has 0 spiro atoms. The monoisotopic (exact) mass is 228 g/mol. The molecule has 15 heavy (non-hydrogen) atoms. The van der Waals surface area contributed by atoms with Crippen molar-refractivity contribution in [1.29, 1.82) is 0 Å². The van der Waals surface area contributed by atoms with Crippen LogP contribution in [0.2, 0.25) is 0 Å². The van der Waals surface area contributed by atoms with Crippen molar-refractivity contribution in [2.45, 2.75) is 39.3 Å². The summed E-state index contributed by atoms with van der Waals surface area (Å²) in [7, 11) is 0. The summed E-state index contributed by atoms with van der Waals surface area (Å²) in [6.07, 6.45) is 0.817. The third kappa shape index (κ3) is 5.25. The Bertz CT molecular complexity index is 270. The lowest BCUT2D eigenvalue weighted by atomic mass is 9.94. The number of nitrogens with one attached hydrogen (secondary N) is 1. The van der Waals surface area contributed by atoms with Crippen molar-refractivity contribution in [1.82, 2.24) is 10.3 Å². The van der Waals surface area contributed by atoms with Crippen molar-refractivity contribution in [2.24, 2.45) is 5.92 Å². The molecule has 1 rings (SSSR count). The first kappa shape index (κ1) is 12.6. The Balaban J connectivity index is 2.24. The Morgan fingerprint density at radius 2 is 2.33 bits per heavy atom. The summed E-state index contributed by atoms with van der Waals surface area (Å²) >= 11 is 1.59. The van der Waals surface area contributed by atoms with Gasteiger partial charge in [-0.3, -0.25) is 0 Å². The van der Waals surface area contributed by atoms with Gasteiger partial charge in [0.15, 0.2) is 0 Å². The van der Waals surface area contributed by atoms with E-state index < -0.39 is 5.60 Å². The number of aliphatic hydroxyl groups is 1. The lowest BCUT2D eigenvalue weighted by Crippen LogP contribution is -2.38. The van der Waals surface area contributed by atoms with Crippen molar-refractivity contribution in [3.63, 3.8) is 0 Å². The van der Waals surface area contributed by atoms with Gasteiger partial charge >= 0.3 is 0 Å². The molecule has 0 radical (unpaired) electrons. The average molecular weight is 228 g/mol. The van der Waals surface area contributed by atoms with Crippen molar-refractivity contribution in [3.05, 3.63) is 16.6 Å². The molecule has 86 valence electrons. The molecular formula is C11H20N2OS. The zero-order chi connectivity index (χ0) is 11.3. The molecule has 0 aliphatic heterocycles. The van der Waals surface area contributed by atoms with E-state index in [4.69, 9.17) is 0 Å². The summed E-state index contributed by atoms with van der Waals surface area (Å²) in [5, 5.41) is 15.3. The van der Waals surface area contributed by atoms with Crippen LogP contribution in [0.1, 0.15) is 32.9 Å². The normalized spacial score (nSPS) is 15.5. The summed E-state index contributed by atoms with van der Waals surface area (Å²) < 4.78 is 0. The molecule has 0 saturated heterocycles. The van der Waals surface area contributed by atoms with E-state index in [-0.39, 0.29) is 0 Å². The van der Waals surface area contributed by atoms with Gasteiger partial charge in [-0.2, -0.15) is 0 Å². The number of aromatic nitrogens is 1. The van der Waals surface area contributed by atoms with Crippen molar-refractivity contribution in [2.75, 3.05) is 6.54 Å². The first-order valence-corrected chi connectivity index (χ1v) is 6.24. The first-order chi connectivity index (χ1) is 6.99. The molecule has 1 unspecified atom stereocenters. The molecule has 2 N–H and O–H groups in total. The molecule has 0 aromatic carbocycles. The minimum absolute atomic E-state index is 0.515. The first-order valence-electron chi connectivity index (χ1n) is 5.30. The van der Waals surface area contributed by atoms with Gasteiger partial charge < -0.3 is 10.4 Å². The summed E-state index contributed by atoms with van der Waals surface area (Å²) in [4.78, 5) is 4.17. The molecule has 1 aromatic rings. The molecule has 0 saturated carbocycles. The molecule has 0 aliphatic carbocycles. The van der Waals surface area contributed by atoms with Crippen LogP contribution in [0, 0.1) is 5.92 Å². The fourth-order valence-corrected chi connectivity index (χ4v) is 2.29. The second kappa shape index (κ2) is 5.58. The van der Waals surface area contributed by atoms with Gasteiger partial charge in [0.2, 0.25) is 0 Å². The fraction of sp³-hybridized carbons (Fsp3) is 0.727. The number of hydrogen-bond acceptors (Lipinski definition) is 4. The molecule has 1 atom stereocenters. The third-order valence-corrected chi connectivity index (χ3v) is 2.78. The number of nitrogens with zero attached hydrogens (tertiary/aromatic N) is 1. The second-order valence-electron chi connectivity index (χ2n) is 4.68. The highest BCUT2D eigenvalue weighted by Crippen LogP contribution is 2.15. The van der Waals surface area contributed by atoms with Crippen LogP contribution < -0.4 is 5.32 Å². The van der Waals surface area contributed by atoms with Crippen LogP contribution in [0.3, 0.4) is 0 Å². The van der Waals surface area contributed by atoms with Crippen molar-refractivity contribution >= 4 is 11.3 Å². The fourth-order valence-electron chi connectivity index (χ4n) is 1.74. The van der Waals surface area contributed by atoms with Crippen LogP contribution in [0.15, 0.2) is 10.9 Å². The second-order valence-corrected chi connectivity index (χ2v) is 5.40. The zero-order valence-corrected chi connectivity index (χ0v) is 10.5. The maximum Gasteiger partial charge on any atom is 0.0795 e. The zero-order valence-electron chi connectivity index (χ0n) is 9.66. The van der Waals surface area contributed by atoms with Gasteiger partial charge in [0.05, 0.1) is 16.8 Å². The van der Waals surface area contributed by atoms with Crippen LogP contribution in [0.5, 0.6) is 0 Å². The van der Waals surface area contributed by atoms with Crippen LogP contribution >= 0.6 is 11.3 Å². The maximum atomic E-state index is 10.0. The molecule has 3 nitrogen and oxygen atoms in total. The van der Waals surface area contributed by atoms with Crippen LogP contribution in [0.25, 0.3) is 0 Å². The number of thiazole rings is 1. The lowest BCUT2D eigenvalue weighted by Gasteiger charge is -2.25. The number of hydrogen-bond donors (Lipinski definition) is 2. The Labute approximate surface area is 95.6 Å². The molecule has 0 amide bonds. The van der Waals surface area contributed by atoms with E-state index >= 15 is 0 Å². The molecule has 4 heteroatoms. The van der Waals surface area contributed by atoms with Gasteiger partial charge in [0, 0.05) is 18.5 Å². The summed E-state index contributed by atoms with van der Waals surface area (Å²) in [6, 6.07) is 0. The van der Waals surface area contributed by atoms with Gasteiger partial charge in [0.1, 0.15) is 0 Å². The van der Waals surface area contributed by atoms with E-state index in [9.17, 15) is 5.11 Å². The minimum atomic E-state index is -0.621. The highest BCUT2D eigenvalue weighted by atomic mass is 32.1. The predicted molar refractivity (Wildman–Crippen MR) is 63.9 cm³/mol. The van der Waals surface area contributed by atoms with Gasteiger partial charge in [-0.15, -0.1) is 11.3 Å². The van der Waals surface area contributed by atoms with E-state index in [0.717, 1.165) is 18.7 Å². The highest BCUT2D eigenvalue weighted by Gasteiger charge is 2.20. The van der Waals surface area contributed by atoms with Crippen LogP contribution in [-0.2, 0) is 6.54 Å². The van der Waals surface area contributed by atoms with E-state index in [1.807, 2.05) is 17.8 Å². The third-order valence-electron chi connectivity index (χ3n) is 2.14. The molecule has 1 heterocycles. The van der Waals surface area contributed by atoms with E-state index in [1.54, 1.807) is 11.3 Å². The van der Waals surface area contributed by atoms with Gasteiger partial charge in [-0.1, -0.05) is 13.8 Å². The van der Waals surface area contributed by atoms with E-state index in [2.05, 4.69) is 24.1 Å². The van der Waals surface area contributed by atoms with E-state index in [0.29, 0.717) is 12.5 Å². The van der Waals surface area contributed by atoms with E-state index in [1.165, 1.54) is 0 Å². The summed E-state index contributed by atoms with van der Waals surface area (Å²) in [5.74, 6) is 0.515. The quantitative estimate of drug-likeness (QED) is 0.783. The molecule has 1 aromatic heterocycles. The lowest BCUT2D eigenvalue weighted by molar-refractivity contribution is 0.0383. The summed E-state index contributed by atoms with van der Waals surface area (Å²) in [5.41, 5.74) is 2.24. The van der Waals surface area contributed by atoms with Gasteiger partial charge in [0.25, 0.3) is 0 Å². The Morgan fingerprint density at radius 1 is 1.60 bits per heavy atom. The molecule has 0 bridgehead atoms. The smallest absolute Gasteiger partial charge is 0.0795 e. The maximum absolute atomic E-state index is 10.0. The van der Waals surface area contributed by atoms with Crippen molar-refractivity contribution in [3.8, 4) is 0 Å². The molecule has 0 aliphatic rings. The number of rotatable bonds is 6. The van der Waals surface area contributed by atoms with Gasteiger partial charge in [-0.25, -0.2) is 4.98 Å². The predicted octanol–water partition coefficient (Wildman–Crippen LogP) is 2.03. The minimum Gasteiger partial charge on any atom is -0.389 e. The topological polar surface area (TPSA) is 45.1 Å². The standard InChI is InChI=1S/C11H20N2OS/c1-9(2)4-11(3,14)7-12-5-10-6-15-8-13-10/h6,8-9,12,14H,4-5,7H2,1-3H3. The highest BCUT2D eigenvalue weighted by molar-refractivity contribution is 7.07. The molecule has 0 fully saturated rings. The Hall–Kier alpha value is -0.450. The Kier molecular flexibility index (Phi) is 4.70.